The van der Waals surface area contributed by atoms with E-state index < -0.39 is 40.3 Å². The molecule has 3 aromatic heterocycles. The zero-order valence-electron chi connectivity index (χ0n) is 16.2. The maximum Gasteiger partial charge on any atom is 0.181 e. The largest absolute Gasteiger partial charge is 0.760 e. The summed E-state index contributed by atoms with van der Waals surface area (Å²) < 4.78 is 67.1. The Kier molecular flexibility index (Phi) is 6.39. The van der Waals surface area contributed by atoms with Gasteiger partial charge in [0.2, 0.25) is 0 Å². The summed E-state index contributed by atoms with van der Waals surface area (Å²) in [5.74, 6) is -2.02. The number of aromatic amines is 1. The smallest absolute Gasteiger partial charge is 0.181 e. The van der Waals surface area contributed by atoms with Gasteiger partial charge in [0, 0.05) is 35.1 Å². The molecule has 0 aliphatic heterocycles. The van der Waals surface area contributed by atoms with Crippen LogP contribution in [0.1, 0.15) is 18.2 Å². The summed E-state index contributed by atoms with van der Waals surface area (Å²) in [5.41, 5.74) is 0.706. The van der Waals surface area contributed by atoms with E-state index in [0.717, 1.165) is 12.1 Å². The topological polar surface area (TPSA) is 132 Å². The molecule has 3 N–H and O–H groups in total. The summed E-state index contributed by atoms with van der Waals surface area (Å²) in [6, 6.07) is 5.17. The Hall–Kier alpha value is -3.42. The number of benzene rings is 1. The summed E-state index contributed by atoms with van der Waals surface area (Å²) in [6.45, 7) is -0.241. The van der Waals surface area contributed by atoms with Crippen molar-refractivity contribution in [2.45, 2.75) is 12.6 Å². The number of halogens is 3. The number of hydrogen-bond donors (Lipinski definition) is 3. The number of nitrogens with zero attached hydrogens (tertiary/aromatic N) is 4. The van der Waals surface area contributed by atoms with Gasteiger partial charge in [0.1, 0.15) is 41.0 Å². The molecule has 1 aromatic carbocycles. The van der Waals surface area contributed by atoms with Crippen molar-refractivity contribution >= 4 is 33.9 Å². The van der Waals surface area contributed by atoms with E-state index in [1.807, 2.05) is 4.72 Å². The van der Waals surface area contributed by atoms with E-state index in [0.29, 0.717) is 22.4 Å². The lowest BCUT2D eigenvalue weighted by molar-refractivity contribution is 0.314. The van der Waals surface area contributed by atoms with Gasteiger partial charge in [-0.25, -0.2) is 37.8 Å². The highest BCUT2D eigenvalue weighted by Crippen LogP contribution is 2.35. The fourth-order valence-electron chi connectivity index (χ4n) is 3.13. The second kappa shape index (κ2) is 9.38. The van der Waals surface area contributed by atoms with Crippen molar-refractivity contribution in [3.05, 3.63) is 60.3 Å². The Bertz CT molecular complexity index is 1290. The lowest BCUT2D eigenvalue weighted by atomic mass is 10.1. The van der Waals surface area contributed by atoms with Gasteiger partial charge >= 0.3 is 0 Å². The molecule has 4 rings (SSSR count). The minimum Gasteiger partial charge on any atom is -0.760 e. The van der Waals surface area contributed by atoms with Crippen molar-refractivity contribution in [3.63, 3.8) is 0 Å². The Labute approximate surface area is 182 Å². The number of pyridine rings is 1. The van der Waals surface area contributed by atoms with Crippen molar-refractivity contribution < 1.29 is 21.9 Å². The van der Waals surface area contributed by atoms with E-state index in [1.165, 1.54) is 18.9 Å². The van der Waals surface area contributed by atoms with Crippen LogP contribution in [0, 0.1) is 11.6 Å². The van der Waals surface area contributed by atoms with Crippen molar-refractivity contribution in [2.24, 2.45) is 0 Å². The van der Waals surface area contributed by atoms with Crippen molar-refractivity contribution in [1.29, 1.82) is 0 Å². The van der Waals surface area contributed by atoms with Crippen molar-refractivity contribution in [2.75, 3.05) is 11.9 Å². The Morgan fingerprint density at radius 2 is 2.00 bits per heavy atom. The molecule has 0 amide bonds. The maximum atomic E-state index is 15.0. The molecule has 2 unspecified atom stereocenters. The van der Waals surface area contributed by atoms with Gasteiger partial charge in [0.25, 0.3) is 0 Å². The molecule has 0 fully saturated rings. The highest BCUT2D eigenvalue weighted by Gasteiger charge is 2.22. The third-order valence-electron chi connectivity index (χ3n) is 4.61. The van der Waals surface area contributed by atoms with Crippen LogP contribution in [0.4, 0.5) is 24.7 Å². The predicted molar refractivity (Wildman–Crippen MR) is 110 cm³/mol. The van der Waals surface area contributed by atoms with Crippen LogP contribution >= 0.6 is 0 Å². The first-order valence-electron chi connectivity index (χ1n) is 9.27. The van der Waals surface area contributed by atoms with Gasteiger partial charge in [-0.05, 0) is 24.6 Å². The normalized spacial score (nSPS) is 13.2. The monoisotopic (exact) mass is 462 g/mol. The van der Waals surface area contributed by atoms with Crippen LogP contribution in [0.5, 0.6) is 0 Å². The van der Waals surface area contributed by atoms with Gasteiger partial charge < -0.3 is 14.9 Å². The second-order valence-corrected chi connectivity index (χ2v) is 7.32. The van der Waals surface area contributed by atoms with Crippen LogP contribution in [0.25, 0.3) is 22.4 Å². The Balaban J connectivity index is 1.68. The molecule has 3 heterocycles. The van der Waals surface area contributed by atoms with Gasteiger partial charge in [-0.3, -0.25) is 4.21 Å². The van der Waals surface area contributed by atoms with Gasteiger partial charge in [-0.1, -0.05) is 6.07 Å². The third kappa shape index (κ3) is 4.44. The fraction of sp³-hybridized carbons (Fsp3) is 0.158. The number of nitrogens with one attached hydrogen (secondary N) is 3. The minimum absolute atomic E-state index is 0.0795. The van der Waals surface area contributed by atoms with Crippen LogP contribution in [-0.4, -0.2) is 40.2 Å². The molecule has 4 aromatic rings. The molecule has 13 heteroatoms. The van der Waals surface area contributed by atoms with Crippen LogP contribution in [-0.2, 0) is 11.3 Å². The highest BCUT2D eigenvalue weighted by molar-refractivity contribution is 7.77. The third-order valence-corrected chi connectivity index (χ3v) is 5.05. The van der Waals surface area contributed by atoms with E-state index in [2.05, 4.69) is 30.2 Å². The Morgan fingerprint density at radius 1 is 1.16 bits per heavy atom. The summed E-state index contributed by atoms with van der Waals surface area (Å²) in [6.07, 6.45) is 1.97. The SMILES string of the molecule is O=S([O-])NCCC(F)c1ccc(F)c(Nc2ncccc2-c2ncnc3nc[nH]c23)c1F. The number of aromatic nitrogens is 5. The van der Waals surface area contributed by atoms with Crippen LogP contribution in [0.2, 0.25) is 0 Å². The molecule has 0 aliphatic rings. The average molecular weight is 462 g/mol. The molecular formula is C19H15F3N7O2S-. The molecule has 166 valence electrons. The van der Waals surface area contributed by atoms with Gasteiger partial charge in [0.05, 0.1) is 6.33 Å². The first kappa shape index (κ1) is 21.8. The predicted octanol–water partition coefficient (Wildman–Crippen LogP) is 3.22. The standard InChI is InChI=1S/C19H16F3N7O2S/c20-12(5-7-28-32(30)31)10-3-4-13(21)16(14(10)22)29-18-11(2-1-6-23-18)15-17-19(26-8-24-15)27-9-25-17/h1-4,6,8-9,12,28H,5,7H2,(H,23,29)(H,30,31)(H,24,25,26,27)/p-1. The molecule has 0 radical (unpaired) electrons. The van der Waals surface area contributed by atoms with E-state index in [4.69, 9.17) is 0 Å². The first-order chi connectivity index (χ1) is 15.5. The number of imidazole rings is 1. The fourth-order valence-corrected chi connectivity index (χ4v) is 3.42. The number of anilines is 2. The van der Waals surface area contributed by atoms with E-state index in [1.54, 1.807) is 12.1 Å². The summed E-state index contributed by atoms with van der Waals surface area (Å²) in [4.78, 5) is 19.4. The molecule has 0 spiro atoms. The van der Waals surface area contributed by atoms with Crippen LogP contribution < -0.4 is 10.0 Å². The van der Waals surface area contributed by atoms with Crippen molar-refractivity contribution in [3.8, 4) is 11.3 Å². The number of rotatable bonds is 8. The van der Waals surface area contributed by atoms with Crippen LogP contribution in [0.3, 0.4) is 0 Å². The molecule has 9 nitrogen and oxygen atoms in total. The molecule has 0 aliphatic carbocycles. The summed E-state index contributed by atoms with van der Waals surface area (Å²) >= 11 is -2.56. The molecule has 0 saturated heterocycles. The molecule has 2 atom stereocenters. The zero-order valence-corrected chi connectivity index (χ0v) is 17.0. The second-order valence-electron chi connectivity index (χ2n) is 6.56. The number of alkyl halides is 1. The lowest BCUT2D eigenvalue weighted by Gasteiger charge is -2.16. The number of fused-ring (bicyclic) bond motifs is 1. The molecular weight excluding hydrogens is 447 g/mol. The average Bonchev–Trinajstić information content (AvgIpc) is 3.26. The van der Waals surface area contributed by atoms with E-state index in [-0.39, 0.29) is 18.8 Å². The lowest BCUT2D eigenvalue weighted by Crippen LogP contribution is -2.19. The highest BCUT2D eigenvalue weighted by atomic mass is 32.2. The van der Waals surface area contributed by atoms with Gasteiger partial charge in [0.15, 0.2) is 11.5 Å². The van der Waals surface area contributed by atoms with Crippen LogP contribution in [0.15, 0.2) is 43.1 Å². The maximum absolute atomic E-state index is 15.0. The number of H-pyrrole nitrogens is 1. The molecule has 32 heavy (non-hydrogen) atoms. The summed E-state index contributed by atoms with van der Waals surface area (Å²) in [7, 11) is 0. The van der Waals surface area contributed by atoms with E-state index in [9.17, 15) is 17.5 Å². The zero-order chi connectivity index (χ0) is 22.7. The van der Waals surface area contributed by atoms with Crippen molar-refractivity contribution in [1.82, 2.24) is 29.6 Å². The Morgan fingerprint density at radius 3 is 2.81 bits per heavy atom. The van der Waals surface area contributed by atoms with Gasteiger partial charge in [-0.2, -0.15) is 0 Å². The quantitative estimate of drug-likeness (QED) is 0.343. The summed E-state index contributed by atoms with van der Waals surface area (Å²) in [5, 5.41) is 2.60. The minimum atomic E-state index is -2.56. The number of hydrogen-bond acceptors (Lipinski definition) is 7. The molecule has 0 bridgehead atoms. The van der Waals surface area contributed by atoms with Gasteiger partial charge in [-0.15, -0.1) is 0 Å². The molecule has 0 saturated carbocycles. The van der Waals surface area contributed by atoms with E-state index >= 15 is 4.39 Å². The first-order valence-corrected chi connectivity index (χ1v) is 10.3.